The molecule has 9 heteroatoms. The van der Waals surface area contributed by atoms with Gasteiger partial charge in [0.15, 0.2) is 6.61 Å². The number of carbonyl (C=O) groups is 2. The van der Waals surface area contributed by atoms with E-state index in [1.54, 1.807) is 0 Å². The van der Waals surface area contributed by atoms with Crippen LogP contribution in [0.3, 0.4) is 0 Å². The highest BCUT2D eigenvalue weighted by Gasteiger charge is 2.21. The summed E-state index contributed by atoms with van der Waals surface area (Å²) in [7, 11) is 0. The van der Waals surface area contributed by atoms with Gasteiger partial charge in [-0.15, -0.1) is 0 Å². The Kier molecular flexibility index (Phi) is 6.32. The van der Waals surface area contributed by atoms with E-state index in [0.717, 1.165) is 36.5 Å². The fourth-order valence-corrected chi connectivity index (χ4v) is 2.02. The highest BCUT2D eigenvalue weighted by Crippen LogP contribution is 2.15. The molecule has 0 radical (unpaired) electrons. The molecule has 4 N–H and O–H groups in total. The van der Waals surface area contributed by atoms with Gasteiger partial charge in [0.05, 0.1) is 11.3 Å². The van der Waals surface area contributed by atoms with Gasteiger partial charge in [0, 0.05) is 6.20 Å². The highest BCUT2D eigenvalue weighted by molar-refractivity contribution is 6.19. The Hall–Kier alpha value is -3.62. The lowest BCUT2D eigenvalue weighted by atomic mass is 10.1. The molecular formula is C18H14F3N3O3. The Morgan fingerprint density at radius 1 is 1.04 bits per heavy atom. The van der Waals surface area contributed by atoms with Crippen molar-refractivity contribution in [3.05, 3.63) is 77.3 Å². The lowest BCUT2D eigenvalue weighted by Crippen LogP contribution is -2.26. The van der Waals surface area contributed by atoms with Crippen LogP contribution < -0.4 is 11.5 Å². The number of hydrogen-bond donors (Lipinski definition) is 2. The van der Waals surface area contributed by atoms with Crippen LogP contribution in [0.2, 0.25) is 0 Å². The second-order valence-corrected chi connectivity index (χ2v) is 5.15. The van der Waals surface area contributed by atoms with E-state index < -0.39 is 41.4 Å². The van der Waals surface area contributed by atoms with Crippen molar-refractivity contribution in [2.24, 2.45) is 16.5 Å². The minimum atomic E-state index is -1.12. The molecule has 0 heterocycles. The summed E-state index contributed by atoms with van der Waals surface area (Å²) in [4.78, 5) is 27.8. The molecule has 0 fully saturated rings. The molecule has 0 aliphatic heterocycles. The Labute approximate surface area is 151 Å². The standard InChI is InChI=1S/C18H14F3N3O3/c19-10-4-6-11(7-5-10)24-17(23)12(8-22)18(26)27-9-15(25)16-13(20)2-1-3-14(16)21/h1-8H,9,22H2,(H2,23,24)/b12-8+. The van der Waals surface area contributed by atoms with Gasteiger partial charge in [-0.2, -0.15) is 0 Å². The summed E-state index contributed by atoms with van der Waals surface area (Å²) in [6.45, 7) is -0.933. The first-order valence-corrected chi connectivity index (χ1v) is 7.49. The van der Waals surface area contributed by atoms with Crippen molar-refractivity contribution >= 4 is 23.3 Å². The molecule has 0 aliphatic carbocycles. The number of aliphatic imine (C=N–C) groups is 1. The molecule has 2 aromatic rings. The van der Waals surface area contributed by atoms with Crippen LogP contribution in [-0.4, -0.2) is 24.2 Å². The number of ether oxygens (including phenoxy) is 1. The van der Waals surface area contributed by atoms with Crippen LogP contribution in [0, 0.1) is 17.5 Å². The molecule has 0 saturated carbocycles. The third-order valence-corrected chi connectivity index (χ3v) is 3.31. The van der Waals surface area contributed by atoms with E-state index in [1.165, 1.54) is 12.1 Å². The summed E-state index contributed by atoms with van der Waals surface area (Å²) in [5.41, 5.74) is 10.0. The molecule has 0 saturated heterocycles. The summed E-state index contributed by atoms with van der Waals surface area (Å²) >= 11 is 0. The maximum Gasteiger partial charge on any atom is 0.343 e. The zero-order valence-electron chi connectivity index (χ0n) is 13.8. The number of halogens is 3. The first-order valence-electron chi connectivity index (χ1n) is 7.49. The molecule has 0 amide bonds. The third kappa shape index (κ3) is 4.94. The number of carbonyl (C=O) groups excluding carboxylic acids is 2. The number of hydrogen-bond acceptors (Lipinski definition) is 5. The van der Waals surface area contributed by atoms with Gasteiger partial charge >= 0.3 is 5.97 Å². The maximum atomic E-state index is 13.6. The van der Waals surface area contributed by atoms with Crippen molar-refractivity contribution in [2.75, 3.05) is 6.61 Å². The summed E-state index contributed by atoms with van der Waals surface area (Å²) < 4.78 is 44.7. The monoisotopic (exact) mass is 377 g/mol. The van der Waals surface area contributed by atoms with Gasteiger partial charge in [0.1, 0.15) is 28.9 Å². The van der Waals surface area contributed by atoms with Gasteiger partial charge in [-0.25, -0.2) is 23.0 Å². The normalized spacial score (nSPS) is 12.0. The van der Waals surface area contributed by atoms with Crippen LogP contribution in [0.5, 0.6) is 0 Å². The molecule has 0 spiro atoms. The SMILES string of the molecule is N/C=C(/C(=O)OCC(=O)c1c(F)cccc1F)C(N)=Nc1ccc(F)cc1. The Morgan fingerprint density at radius 3 is 2.19 bits per heavy atom. The van der Waals surface area contributed by atoms with Crippen LogP contribution in [0.4, 0.5) is 18.9 Å². The molecule has 2 rings (SSSR count). The second-order valence-electron chi connectivity index (χ2n) is 5.15. The molecule has 2 aromatic carbocycles. The first kappa shape index (κ1) is 19.7. The van der Waals surface area contributed by atoms with Crippen LogP contribution in [0.25, 0.3) is 0 Å². The van der Waals surface area contributed by atoms with E-state index in [0.29, 0.717) is 0 Å². The summed E-state index contributed by atoms with van der Waals surface area (Å²) in [6.07, 6.45) is 0.804. The van der Waals surface area contributed by atoms with Crippen molar-refractivity contribution in [1.29, 1.82) is 0 Å². The summed E-state index contributed by atoms with van der Waals surface area (Å²) in [5.74, 6) is -5.19. The molecule has 0 bridgehead atoms. The van der Waals surface area contributed by atoms with E-state index in [9.17, 15) is 22.8 Å². The number of Topliss-reactive ketones (excluding diaryl/α,β-unsaturated/α-hetero) is 1. The average molecular weight is 377 g/mol. The van der Waals surface area contributed by atoms with Crippen molar-refractivity contribution in [3.63, 3.8) is 0 Å². The summed E-state index contributed by atoms with van der Waals surface area (Å²) in [6, 6.07) is 7.79. The van der Waals surface area contributed by atoms with Gasteiger partial charge in [0.25, 0.3) is 0 Å². The maximum absolute atomic E-state index is 13.6. The zero-order chi connectivity index (χ0) is 20.0. The van der Waals surface area contributed by atoms with E-state index >= 15 is 0 Å². The Balaban J connectivity index is 2.09. The second kappa shape index (κ2) is 8.65. The number of nitrogens with two attached hydrogens (primary N) is 2. The highest BCUT2D eigenvalue weighted by atomic mass is 19.1. The zero-order valence-corrected chi connectivity index (χ0v) is 13.8. The van der Waals surface area contributed by atoms with E-state index in [4.69, 9.17) is 16.2 Å². The minimum absolute atomic E-state index is 0.241. The molecular weight excluding hydrogens is 363 g/mol. The van der Waals surface area contributed by atoms with Crippen molar-refractivity contribution in [1.82, 2.24) is 0 Å². The summed E-state index contributed by atoms with van der Waals surface area (Å²) in [5, 5.41) is 0. The predicted octanol–water partition coefficient (Wildman–Crippen LogP) is 2.36. The van der Waals surface area contributed by atoms with Gasteiger partial charge in [0.2, 0.25) is 5.78 Å². The number of ketones is 1. The Morgan fingerprint density at radius 2 is 1.63 bits per heavy atom. The smallest absolute Gasteiger partial charge is 0.343 e. The first-order chi connectivity index (χ1) is 12.8. The lowest BCUT2D eigenvalue weighted by molar-refractivity contribution is -0.137. The van der Waals surface area contributed by atoms with Crippen LogP contribution in [-0.2, 0) is 9.53 Å². The quantitative estimate of drug-likeness (QED) is 0.264. The molecule has 0 atom stereocenters. The molecule has 6 nitrogen and oxygen atoms in total. The van der Waals surface area contributed by atoms with Gasteiger partial charge < -0.3 is 16.2 Å². The Bertz CT molecular complexity index is 905. The van der Waals surface area contributed by atoms with Crippen molar-refractivity contribution in [2.45, 2.75) is 0 Å². The number of nitrogens with zero attached hydrogens (tertiary/aromatic N) is 1. The average Bonchev–Trinajstić information content (AvgIpc) is 2.62. The van der Waals surface area contributed by atoms with Crippen LogP contribution in [0.15, 0.2) is 59.2 Å². The molecule has 0 unspecified atom stereocenters. The van der Waals surface area contributed by atoms with Gasteiger partial charge in [-0.05, 0) is 36.4 Å². The number of esters is 1. The van der Waals surface area contributed by atoms with Crippen molar-refractivity contribution < 1.29 is 27.5 Å². The van der Waals surface area contributed by atoms with E-state index in [-0.39, 0.29) is 17.1 Å². The topological polar surface area (TPSA) is 108 Å². The number of amidine groups is 1. The fraction of sp³-hybridized carbons (Fsp3) is 0.0556. The number of rotatable bonds is 6. The third-order valence-electron chi connectivity index (χ3n) is 3.31. The van der Waals surface area contributed by atoms with E-state index in [2.05, 4.69) is 4.99 Å². The molecule has 27 heavy (non-hydrogen) atoms. The molecule has 0 aromatic heterocycles. The van der Waals surface area contributed by atoms with Gasteiger partial charge in [-0.1, -0.05) is 6.07 Å². The molecule has 140 valence electrons. The molecule has 0 aliphatic rings. The van der Waals surface area contributed by atoms with Crippen LogP contribution in [0.1, 0.15) is 10.4 Å². The van der Waals surface area contributed by atoms with Crippen molar-refractivity contribution in [3.8, 4) is 0 Å². The minimum Gasteiger partial charge on any atom is -0.454 e. The van der Waals surface area contributed by atoms with Crippen LogP contribution >= 0.6 is 0 Å². The number of benzene rings is 2. The van der Waals surface area contributed by atoms with Gasteiger partial charge in [-0.3, -0.25) is 4.79 Å². The fourth-order valence-electron chi connectivity index (χ4n) is 2.02. The largest absolute Gasteiger partial charge is 0.454 e. The lowest BCUT2D eigenvalue weighted by Gasteiger charge is -2.08. The predicted molar refractivity (Wildman–Crippen MR) is 91.6 cm³/mol. The van der Waals surface area contributed by atoms with E-state index in [1.807, 2.05) is 0 Å².